The van der Waals surface area contributed by atoms with Gasteiger partial charge in [-0.25, -0.2) is 9.37 Å². The Labute approximate surface area is 110 Å². The van der Waals surface area contributed by atoms with Gasteiger partial charge in [-0.3, -0.25) is 4.98 Å². The van der Waals surface area contributed by atoms with Crippen molar-refractivity contribution in [2.24, 2.45) is 0 Å². The molecule has 0 aliphatic heterocycles. The molecule has 4 heteroatoms. The van der Waals surface area contributed by atoms with E-state index >= 15 is 0 Å². The first-order chi connectivity index (χ1) is 9.24. The van der Waals surface area contributed by atoms with Crippen molar-refractivity contribution in [1.82, 2.24) is 15.0 Å². The third-order valence-corrected chi connectivity index (χ3v) is 2.99. The summed E-state index contributed by atoms with van der Waals surface area (Å²) in [5.74, 6) is 0.525. The number of rotatable bonds is 2. The molecule has 0 bridgehead atoms. The van der Waals surface area contributed by atoms with Gasteiger partial charge in [0.25, 0.3) is 0 Å². The first kappa shape index (κ1) is 11.6. The second kappa shape index (κ2) is 4.65. The Balaban J connectivity index is 2.00. The lowest BCUT2D eigenvalue weighted by Crippen LogP contribution is -1.88. The highest BCUT2D eigenvalue weighted by Gasteiger charge is 2.07. The lowest BCUT2D eigenvalue weighted by Gasteiger charge is -2.00. The molecule has 1 aromatic carbocycles. The number of aryl methyl sites for hydroxylation is 1. The zero-order chi connectivity index (χ0) is 13.2. The summed E-state index contributed by atoms with van der Waals surface area (Å²) in [4.78, 5) is 11.8. The Hall–Kier alpha value is -2.49. The van der Waals surface area contributed by atoms with Gasteiger partial charge in [-0.2, -0.15) is 0 Å². The number of hydrogen-bond donors (Lipinski definition) is 1. The molecule has 19 heavy (non-hydrogen) atoms. The molecule has 0 saturated heterocycles. The van der Waals surface area contributed by atoms with Crippen molar-refractivity contribution < 1.29 is 4.39 Å². The number of halogens is 1. The molecule has 1 N–H and O–H groups in total. The predicted molar refractivity (Wildman–Crippen MR) is 71.9 cm³/mol. The minimum absolute atomic E-state index is 0.244. The molecule has 0 unspecified atom stereocenters. The highest BCUT2D eigenvalue weighted by Crippen LogP contribution is 2.23. The monoisotopic (exact) mass is 253 g/mol. The minimum atomic E-state index is -0.244. The molecule has 2 aromatic heterocycles. The Morgan fingerprint density at radius 3 is 2.58 bits per heavy atom. The van der Waals surface area contributed by atoms with E-state index in [1.54, 1.807) is 24.5 Å². The van der Waals surface area contributed by atoms with Crippen LogP contribution in [0.5, 0.6) is 0 Å². The molecular weight excluding hydrogens is 241 g/mol. The number of benzene rings is 1. The molecule has 0 aliphatic carbocycles. The van der Waals surface area contributed by atoms with Crippen molar-refractivity contribution in [3.8, 4) is 22.6 Å². The zero-order valence-electron chi connectivity index (χ0n) is 10.4. The smallest absolute Gasteiger partial charge is 0.139 e. The zero-order valence-corrected chi connectivity index (χ0v) is 10.4. The molecule has 3 aromatic rings. The standard InChI is InChI=1S/C15H12FN3/c1-10-13(3-2-8-17-10)15-18-9-14(19-15)11-4-6-12(16)7-5-11/h2-9H,1H3,(H,18,19). The van der Waals surface area contributed by atoms with Crippen LogP contribution < -0.4 is 0 Å². The third-order valence-electron chi connectivity index (χ3n) is 2.99. The van der Waals surface area contributed by atoms with E-state index in [4.69, 9.17) is 0 Å². The van der Waals surface area contributed by atoms with Crippen LogP contribution in [0.25, 0.3) is 22.6 Å². The van der Waals surface area contributed by atoms with Gasteiger partial charge >= 0.3 is 0 Å². The highest BCUT2D eigenvalue weighted by atomic mass is 19.1. The van der Waals surface area contributed by atoms with Gasteiger partial charge in [-0.1, -0.05) is 0 Å². The average molecular weight is 253 g/mol. The molecule has 0 fully saturated rings. The molecule has 0 radical (unpaired) electrons. The van der Waals surface area contributed by atoms with Gasteiger partial charge in [0.2, 0.25) is 0 Å². The van der Waals surface area contributed by atoms with Crippen molar-refractivity contribution in [1.29, 1.82) is 0 Å². The maximum atomic E-state index is 12.9. The van der Waals surface area contributed by atoms with Gasteiger partial charge in [0, 0.05) is 17.5 Å². The molecule has 94 valence electrons. The Bertz CT molecular complexity index is 701. The summed E-state index contributed by atoms with van der Waals surface area (Å²) in [6.07, 6.45) is 3.50. The summed E-state index contributed by atoms with van der Waals surface area (Å²) in [7, 11) is 0. The van der Waals surface area contributed by atoms with Gasteiger partial charge in [0.1, 0.15) is 11.6 Å². The topological polar surface area (TPSA) is 41.6 Å². The highest BCUT2D eigenvalue weighted by molar-refractivity contribution is 5.65. The number of nitrogens with zero attached hydrogens (tertiary/aromatic N) is 2. The van der Waals surface area contributed by atoms with Crippen LogP contribution in [0.3, 0.4) is 0 Å². The summed E-state index contributed by atoms with van der Waals surface area (Å²) in [5.41, 5.74) is 3.65. The summed E-state index contributed by atoms with van der Waals surface area (Å²) >= 11 is 0. The van der Waals surface area contributed by atoms with Crippen LogP contribution in [0, 0.1) is 12.7 Å². The molecule has 0 amide bonds. The molecule has 3 rings (SSSR count). The van der Waals surface area contributed by atoms with Gasteiger partial charge in [0.15, 0.2) is 0 Å². The van der Waals surface area contributed by atoms with Crippen molar-refractivity contribution in [3.63, 3.8) is 0 Å². The van der Waals surface area contributed by atoms with Gasteiger partial charge in [-0.05, 0) is 48.9 Å². The van der Waals surface area contributed by atoms with Crippen LogP contribution in [0.1, 0.15) is 5.69 Å². The summed E-state index contributed by atoms with van der Waals surface area (Å²) in [5, 5.41) is 0. The van der Waals surface area contributed by atoms with E-state index in [0.29, 0.717) is 0 Å². The maximum Gasteiger partial charge on any atom is 0.139 e. The molecule has 2 heterocycles. The van der Waals surface area contributed by atoms with E-state index in [1.807, 2.05) is 19.1 Å². The van der Waals surface area contributed by atoms with E-state index in [-0.39, 0.29) is 5.82 Å². The summed E-state index contributed by atoms with van der Waals surface area (Å²) in [6, 6.07) is 10.2. The van der Waals surface area contributed by atoms with Crippen molar-refractivity contribution in [2.45, 2.75) is 6.92 Å². The average Bonchev–Trinajstić information content (AvgIpc) is 2.89. The third kappa shape index (κ3) is 2.25. The second-order valence-electron chi connectivity index (χ2n) is 4.29. The van der Waals surface area contributed by atoms with Crippen LogP contribution in [-0.2, 0) is 0 Å². The van der Waals surface area contributed by atoms with E-state index in [0.717, 1.165) is 28.3 Å². The van der Waals surface area contributed by atoms with Crippen LogP contribution in [0.4, 0.5) is 4.39 Å². The summed E-state index contributed by atoms with van der Waals surface area (Å²) < 4.78 is 12.9. The lowest BCUT2D eigenvalue weighted by molar-refractivity contribution is 0.628. The Kier molecular flexibility index (Phi) is 2.83. The van der Waals surface area contributed by atoms with Crippen LogP contribution in [-0.4, -0.2) is 15.0 Å². The quantitative estimate of drug-likeness (QED) is 0.758. The van der Waals surface area contributed by atoms with E-state index in [1.165, 1.54) is 12.1 Å². The predicted octanol–water partition coefficient (Wildman–Crippen LogP) is 3.59. The van der Waals surface area contributed by atoms with E-state index in [9.17, 15) is 4.39 Å². The van der Waals surface area contributed by atoms with Crippen LogP contribution in [0.15, 0.2) is 48.8 Å². The molecule has 0 spiro atoms. The summed E-state index contributed by atoms with van der Waals surface area (Å²) in [6.45, 7) is 1.94. The second-order valence-corrected chi connectivity index (χ2v) is 4.29. The molecule has 0 aliphatic rings. The SMILES string of the molecule is Cc1ncccc1-c1ncc(-c2ccc(F)cc2)[nH]1. The van der Waals surface area contributed by atoms with Gasteiger partial charge in [0.05, 0.1) is 11.9 Å². The maximum absolute atomic E-state index is 12.9. The Morgan fingerprint density at radius 1 is 1.05 bits per heavy atom. The molecular formula is C15H12FN3. The van der Waals surface area contributed by atoms with Crippen molar-refractivity contribution in [3.05, 3.63) is 60.3 Å². The van der Waals surface area contributed by atoms with E-state index in [2.05, 4.69) is 15.0 Å². The molecule has 3 nitrogen and oxygen atoms in total. The normalized spacial score (nSPS) is 10.6. The van der Waals surface area contributed by atoms with Gasteiger partial charge < -0.3 is 4.98 Å². The number of aromatic amines is 1. The first-order valence-corrected chi connectivity index (χ1v) is 5.97. The lowest BCUT2D eigenvalue weighted by atomic mass is 10.2. The number of hydrogen-bond acceptors (Lipinski definition) is 2. The van der Waals surface area contributed by atoms with E-state index < -0.39 is 0 Å². The molecule has 0 saturated carbocycles. The van der Waals surface area contributed by atoms with Crippen LogP contribution >= 0.6 is 0 Å². The van der Waals surface area contributed by atoms with Crippen molar-refractivity contribution in [2.75, 3.05) is 0 Å². The minimum Gasteiger partial charge on any atom is -0.338 e. The van der Waals surface area contributed by atoms with Gasteiger partial charge in [-0.15, -0.1) is 0 Å². The fourth-order valence-electron chi connectivity index (χ4n) is 1.97. The number of aromatic nitrogens is 3. The fraction of sp³-hybridized carbons (Fsp3) is 0.0667. The number of nitrogens with one attached hydrogen (secondary N) is 1. The first-order valence-electron chi connectivity index (χ1n) is 5.97. The number of pyridine rings is 1. The Morgan fingerprint density at radius 2 is 1.84 bits per heavy atom. The fourth-order valence-corrected chi connectivity index (χ4v) is 1.97. The number of H-pyrrole nitrogens is 1. The largest absolute Gasteiger partial charge is 0.338 e. The number of imidazole rings is 1. The van der Waals surface area contributed by atoms with Crippen molar-refractivity contribution >= 4 is 0 Å². The van der Waals surface area contributed by atoms with Crippen LogP contribution in [0.2, 0.25) is 0 Å². The molecule has 0 atom stereocenters.